The first-order valence-electron chi connectivity index (χ1n) is 10.0. The van der Waals surface area contributed by atoms with Crippen molar-refractivity contribution >= 4 is 38.9 Å². The van der Waals surface area contributed by atoms with E-state index >= 15 is 4.39 Å². The maximum absolute atomic E-state index is 15.0. The van der Waals surface area contributed by atoms with Crippen molar-refractivity contribution in [2.45, 2.75) is 42.7 Å². The van der Waals surface area contributed by atoms with Crippen molar-refractivity contribution in [1.82, 2.24) is 9.97 Å². The number of hydrogen-bond acceptors (Lipinski definition) is 8. The van der Waals surface area contributed by atoms with Crippen LogP contribution in [0.25, 0.3) is 0 Å². The Morgan fingerprint density at radius 1 is 1.39 bits per heavy atom. The molecule has 0 aromatic carbocycles. The highest BCUT2D eigenvalue weighted by atomic mass is 35.5. The van der Waals surface area contributed by atoms with Gasteiger partial charge in [0.2, 0.25) is 0 Å². The van der Waals surface area contributed by atoms with Crippen LogP contribution in [0.3, 0.4) is 0 Å². The Labute approximate surface area is 195 Å². The summed E-state index contributed by atoms with van der Waals surface area (Å²) < 4.78 is 32.3. The van der Waals surface area contributed by atoms with Crippen LogP contribution < -0.4 is 11.1 Å². The van der Waals surface area contributed by atoms with Crippen LogP contribution in [0.4, 0.5) is 10.2 Å². The van der Waals surface area contributed by atoms with Gasteiger partial charge in [-0.1, -0.05) is 11.6 Å². The van der Waals surface area contributed by atoms with Crippen molar-refractivity contribution in [3.63, 3.8) is 0 Å². The monoisotopic (exact) mass is 489 g/mol. The summed E-state index contributed by atoms with van der Waals surface area (Å²) in [7, 11) is -2.87. The number of anilines is 1. The Kier molecular flexibility index (Phi) is 5.41. The Balaban J connectivity index is 1.75. The van der Waals surface area contributed by atoms with Gasteiger partial charge in [0, 0.05) is 12.7 Å². The molecule has 0 fully saturated rings. The number of aromatic nitrogens is 2. The number of amides is 1. The lowest BCUT2D eigenvalue weighted by Crippen LogP contribution is -2.58. The van der Waals surface area contributed by atoms with Crippen molar-refractivity contribution in [1.29, 1.82) is 5.26 Å². The molecule has 4 rings (SSSR count). The van der Waals surface area contributed by atoms with Gasteiger partial charge in [-0.25, -0.2) is 22.9 Å². The lowest BCUT2D eigenvalue weighted by atomic mass is 9.89. The minimum atomic E-state index is -2.87. The number of carbonyl (C=O) groups excluding carboxylic acids is 1. The quantitative estimate of drug-likeness (QED) is 0.677. The van der Waals surface area contributed by atoms with E-state index in [1.807, 2.05) is 6.07 Å². The highest BCUT2D eigenvalue weighted by Crippen LogP contribution is 2.47. The number of nitrogens with zero attached hydrogens (tertiary/aromatic N) is 5. The van der Waals surface area contributed by atoms with Crippen LogP contribution in [0.5, 0.6) is 0 Å². The van der Waals surface area contributed by atoms with Crippen molar-refractivity contribution in [3.8, 4) is 6.07 Å². The zero-order valence-electron chi connectivity index (χ0n) is 18.1. The second-order valence-corrected chi connectivity index (χ2v) is 11.9. The fourth-order valence-corrected chi connectivity index (χ4v) is 7.58. The van der Waals surface area contributed by atoms with Crippen molar-refractivity contribution in [2.24, 2.45) is 15.1 Å². The molecule has 2 aromatic rings. The standard InChI is InChI=1S/C21H21ClFN7O2S/c1-20(2)19(25)30-21(3,14-6-7-27-33(14,20)32)17-13(23)4-5-15(28-17)29-18(31)16-12(22)8-11(9-24)10-26-16/h4-5,8,10,14H,6-7H2,1-3H3,(H2,25,30)(H,28,29,31)/t14?,21-,33+/m0/s1. The molecule has 0 saturated carbocycles. The summed E-state index contributed by atoms with van der Waals surface area (Å²) in [5, 5.41) is 10.8. The van der Waals surface area contributed by atoms with Gasteiger partial charge in [-0.2, -0.15) is 5.26 Å². The molecule has 1 amide bonds. The number of pyridine rings is 2. The lowest BCUT2D eigenvalue weighted by molar-refractivity contribution is 0.102. The normalized spacial score (nSPS) is 27.6. The zero-order valence-corrected chi connectivity index (χ0v) is 19.7. The van der Waals surface area contributed by atoms with Gasteiger partial charge in [-0.3, -0.25) is 9.79 Å². The number of nitriles is 1. The average molecular weight is 490 g/mol. The van der Waals surface area contributed by atoms with E-state index in [0.29, 0.717) is 13.0 Å². The molecule has 4 heterocycles. The minimum Gasteiger partial charge on any atom is -0.386 e. The molecule has 33 heavy (non-hydrogen) atoms. The fraction of sp³-hybridized carbons (Fsp3) is 0.381. The van der Waals surface area contributed by atoms with Gasteiger partial charge in [0.05, 0.1) is 25.6 Å². The van der Waals surface area contributed by atoms with E-state index in [1.165, 1.54) is 18.3 Å². The molecule has 172 valence electrons. The van der Waals surface area contributed by atoms with Crippen molar-refractivity contribution in [3.05, 3.63) is 52.2 Å². The highest BCUT2D eigenvalue weighted by molar-refractivity contribution is 7.96. The SMILES string of the molecule is CC1(C)C(N)=N[C@](C)(c2nc(NC(=O)c3ncc(C#N)cc3Cl)ccc2F)C2CCN=[S@@]21=O. The molecule has 3 atom stereocenters. The molecular formula is C21H21ClFN7O2S. The van der Waals surface area contributed by atoms with Gasteiger partial charge in [-0.15, -0.1) is 0 Å². The fourth-order valence-electron chi connectivity index (χ4n) is 4.18. The number of nitrogens with two attached hydrogens (primary N) is 1. The molecule has 0 bridgehead atoms. The van der Waals surface area contributed by atoms with E-state index in [0.717, 1.165) is 6.07 Å². The Bertz CT molecular complexity index is 1380. The van der Waals surface area contributed by atoms with Gasteiger partial charge in [0.25, 0.3) is 5.91 Å². The summed E-state index contributed by atoms with van der Waals surface area (Å²) in [5.41, 5.74) is 4.85. The van der Waals surface area contributed by atoms with E-state index < -0.39 is 37.0 Å². The summed E-state index contributed by atoms with van der Waals surface area (Å²) in [6.45, 7) is 5.44. The van der Waals surface area contributed by atoms with E-state index in [2.05, 4.69) is 24.6 Å². The van der Waals surface area contributed by atoms with Gasteiger partial charge >= 0.3 is 0 Å². The summed E-state index contributed by atoms with van der Waals surface area (Å²) in [6.07, 6.45) is 1.66. The van der Waals surface area contributed by atoms with Crippen LogP contribution in [0.15, 0.2) is 33.8 Å². The van der Waals surface area contributed by atoms with E-state index in [1.54, 1.807) is 20.8 Å². The summed E-state index contributed by atoms with van der Waals surface area (Å²) in [4.78, 5) is 25.5. The third-order valence-electron chi connectivity index (χ3n) is 6.14. The number of aliphatic imine (C=N–C) groups is 1. The molecule has 0 saturated heterocycles. The van der Waals surface area contributed by atoms with Crippen molar-refractivity contribution in [2.75, 3.05) is 11.9 Å². The Hall–Kier alpha value is -3.10. The zero-order chi connectivity index (χ0) is 24.2. The molecule has 0 radical (unpaired) electrons. The average Bonchev–Trinajstić information content (AvgIpc) is 3.18. The number of amidine groups is 1. The molecule has 3 N–H and O–H groups in total. The number of carbonyl (C=O) groups is 1. The predicted octanol–water partition coefficient (Wildman–Crippen LogP) is 3.00. The highest BCUT2D eigenvalue weighted by Gasteiger charge is 2.57. The molecule has 0 spiro atoms. The number of rotatable bonds is 3. The largest absolute Gasteiger partial charge is 0.386 e. The lowest BCUT2D eigenvalue weighted by Gasteiger charge is -2.44. The smallest absolute Gasteiger partial charge is 0.276 e. The van der Waals surface area contributed by atoms with E-state index in [4.69, 9.17) is 22.6 Å². The minimum absolute atomic E-state index is 0.0139. The molecular weight excluding hydrogens is 469 g/mol. The molecule has 1 unspecified atom stereocenters. The van der Waals surface area contributed by atoms with Gasteiger partial charge in [0.15, 0.2) is 0 Å². The number of hydrogen-bond donors (Lipinski definition) is 2. The summed E-state index contributed by atoms with van der Waals surface area (Å²) in [6, 6.07) is 5.63. The summed E-state index contributed by atoms with van der Waals surface area (Å²) in [5.74, 6) is -1.22. The topological polar surface area (TPSA) is 146 Å². The van der Waals surface area contributed by atoms with Gasteiger partial charge in [0.1, 0.15) is 45.2 Å². The predicted molar refractivity (Wildman–Crippen MR) is 123 cm³/mol. The third-order valence-corrected chi connectivity index (χ3v) is 10.1. The number of fused-ring (bicyclic) bond motifs is 1. The van der Waals surface area contributed by atoms with Gasteiger partial charge in [-0.05, 0) is 45.4 Å². The Morgan fingerprint density at radius 2 is 2.12 bits per heavy atom. The van der Waals surface area contributed by atoms with Crippen LogP contribution in [0.2, 0.25) is 5.02 Å². The van der Waals surface area contributed by atoms with E-state index in [9.17, 15) is 9.00 Å². The molecule has 2 aromatic heterocycles. The maximum atomic E-state index is 15.0. The molecule has 2 aliphatic heterocycles. The van der Waals surface area contributed by atoms with E-state index in [-0.39, 0.29) is 33.6 Å². The maximum Gasteiger partial charge on any atom is 0.276 e. The number of nitrogens with one attached hydrogen (secondary N) is 1. The third kappa shape index (κ3) is 3.45. The molecule has 9 nitrogen and oxygen atoms in total. The molecule has 2 aliphatic rings. The summed E-state index contributed by atoms with van der Waals surface area (Å²) >= 11 is 6.06. The first kappa shape index (κ1) is 23.1. The van der Waals surface area contributed by atoms with Crippen LogP contribution >= 0.6 is 11.6 Å². The second-order valence-electron chi connectivity index (χ2n) is 8.50. The second kappa shape index (κ2) is 7.74. The first-order valence-corrected chi connectivity index (χ1v) is 12.0. The molecule has 12 heteroatoms. The number of halogens is 2. The van der Waals surface area contributed by atoms with Gasteiger partial charge < -0.3 is 11.1 Å². The Morgan fingerprint density at radius 3 is 2.79 bits per heavy atom. The van der Waals surface area contributed by atoms with Crippen LogP contribution in [0.1, 0.15) is 48.9 Å². The van der Waals surface area contributed by atoms with Crippen LogP contribution in [0, 0.1) is 17.1 Å². The van der Waals surface area contributed by atoms with Crippen LogP contribution in [-0.2, 0) is 15.3 Å². The van der Waals surface area contributed by atoms with Crippen molar-refractivity contribution < 1.29 is 13.4 Å². The molecule has 0 aliphatic carbocycles. The van der Waals surface area contributed by atoms with Crippen LogP contribution in [-0.4, -0.2) is 42.5 Å². The first-order chi connectivity index (χ1) is 15.4.